The van der Waals surface area contributed by atoms with Crippen LogP contribution < -0.4 is 0 Å². The third-order valence-corrected chi connectivity index (χ3v) is 5.66. The zero-order valence-electron chi connectivity index (χ0n) is 14.5. The normalized spacial score (nSPS) is 24.6. The summed E-state index contributed by atoms with van der Waals surface area (Å²) in [6.07, 6.45) is 3.08. The molecule has 6 heteroatoms. The molecule has 5 nitrogen and oxygen atoms in total. The molecule has 26 heavy (non-hydrogen) atoms. The van der Waals surface area contributed by atoms with Gasteiger partial charge in [-0.05, 0) is 11.6 Å². The van der Waals surface area contributed by atoms with Crippen molar-refractivity contribution in [2.75, 3.05) is 19.6 Å². The molecule has 2 saturated heterocycles. The number of amides is 2. The summed E-state index contributed by atoms with van der Waals surface area (Å²) < 4.78 is 0. The Morgan fingerprint density at radius 2 is 1.88 bits per heavy atom. The molecular formula is C20H20ClN3O2. The lowest BCUT2D eigenvalue weighted by Gasteiger charge is -2.29. The number of rotatable bonds is 2. The van der Waals surface area contributed by atoms with Crippen LogP contribution in [-0.2, 0) is 4.79 Å². The van der Waals surface area contributed by atoms with Gasteiger partial charge in [0.05, 0.1) is 16.6 Å². The zero-order chi connectivity index (χ0) is 18.3. The summed E-state index contributed by atoms with van der Waals surface area (Å²) in [5.41, 5.74) is 1.64. The van der Waals surface area contributed by atoms with Crippen LogP contribution in [-0.4, -0.2) is 46.2 Å². The SMILES string of the molecule is CC(=O)N1C[C@H]2CN(C(=O)c3cncc(Cl)c3)C[C@H]2[C@@H]1c1ccccc1. The highest BCUT2D eigenvalue weighted by Gasteiger charge is 2.49. The van der Waals surface area contributed by atoms with Gasteiger partial charge in [0.15, 0.2) is 0 Å². The Kier molecular flexibility index (Phi) is 4.41. The van der Waals surface area contributed by atoms with Gasteiger partial charge in [-0.25, -0.2) is 0 Å². The van der Waals surface area contributed by atoms with E-state index in [1.165, 1.54) is 6.20 Å². The molecule has 2 aliphatic rings. The van der Waals surface area contributed by atoms with Gasteiger partial charge in [0.25, 0.3) is 5.91 Å². The van der Waals surface area contributed by atoms with E-state index in [2.05, 4.69) is 17.1 Å². The fraction of sp³-hybridized carbons (Fsp3) is 0.350. The molecule has 0 radical (unpaired) electrons. The van der Waals surface area contributed by atoms with E-state index in [4.69, 9.17) is 11.6 Å². The van der Waals surface area contributed by atoms with Crippen molar-refractivity contribution in [3.63, 3.8) is 0 Å². The van der Waals surface area contributed by atoms with Crippen LogP contribution in [0.5, 0.6) is 0 Å². The number of hydrogen-bond donors (Lipinski definition) is 0. The lowest BCUT2D eigenvalue weighted by atomic mass is 9.89. The second-order valence-corrected chi connectivity index (χ2v) is 7.49. The molecule has 0 saturated carbocycles. The van der Waals surface area contributed by atoms with Crippen LogP contribution in [0.15, 0.2) is 48.8 Å². The number of halogens is 1. The maximum atomic E-state index is 12.8. The van der Waals surface area contributed by atoms with Gasteiger partial charge >= 0.3 is 0 Å². The maximum absolute atomic E-state index is 12.8. The summed E-state index contributed by atoms with van der Waals surface area (Å²) >= 11 is 5.97. The van der Waals surface area contributed by atoms with E-state index < -0.39 is 0 Å². The van der Waals surface area contributed by atoms with Gasteiger partial charge in [-0.1, -0.05) is 41.9 Å². The summed E-state index contributed by atoms with van der Waals surface area (Å²) in [5.74, 6) is 0.582. The lowest BCUT2D eigenvalue weighted by molar-refractivity contribution is -0.130. The Morgan fingerprint density at radius 3 is 2.58 bits per heavy atom. The van der Waals surface area contributed by atoms with Crippen molar-refractivity contribution < 1.29 is 9.59 Å². The van der Waals surface area contributed by atoms with E-state index in [1.807, 2.05) is 28.0 Å². The van der Waals surface area contributed by atoms with Crippen LogP contribution in [0.1, 0.15) is 28.9 Å². The molecule has 0 spiro atoms. The highest BCUT2D eigenvalue weighted by Crippen LogP contribution is 2.45. The summed E-state index contributed by atoms with van der Waals surface area (Å²) in [7, 11) is 0. The average molecular weight is 370 g/mol. The van der Waals surface area contributed by atoms with Crippen molar-refractivity contribution in [3.8, 4) is 0 Å². The van der Waals surface area contributed by atoms with E-state index in [9.17, 15) is 9.59 Å². The number of likely N-dealkylation sites (tertiary alicyclic amines) is 2. The van der Waals surface area contributed by atoms with E-state index in [1.54, 1.807) is 19.2 Å². The van der Waals surface area contributed by atoms with Gasteiger partial charge in [0.1, 0.15) is 0 Å². The zero-order valence-corrected chi connectivity index (χ0v) is 15.3. The minimum atomic E-state index is -0.0458. The Hall–Kier alpha value is -2.40. The van der Waals surface area contributed by atoms with Crippen molar-refractivity contribution >= 4 is 23.4 Å². The summed E-state index contributed by atoms with van der Waals surface area (Å²) in [4.78, 5) is 32.8. The molecule has 1 aromatic carbocycles. The quantitative estimate of drug-likeness (QED) is 0.817. The van der Waals surface area contributed by atoms with Crippen LogP contribution in [0.3, 0.4) is 0 Å². The first-order valence-electron chi connectivity index (χ1n) is 8.76. The van der Waals surface area contributed by atoms with Crippen LogP contribution in [0.2, 0.25) is 5.02 Å². The van der Waals surface area contributed by atoms with Crippen molar-refractivity contribution in [2.24, 2.45) is 11.8 Å². The number of benzene rings is 1. The maximum Gasteiger partial charge on any atom is 0.255 e. The first kappa shape index (κ1) is 17.0. The van der Waals surface area contributed by atoms with E-state index in [0.717, 1.165) is 5.56 Å². The number of hydrogen-bond acceptors (Lipinski definition) is 3. The molecule has 2 aromatic rings. The molecule has 0 unspecified atom stereocenters. The molecule has 134 valence electrons. The molecule has 0 bridgehead atoms. The Labute approximate surface area is 157 Å². The third-order valence-electron chi connectivity index (χ3n) is 5.45. The standard InChI is InChI=1S/C20H20ClN3O2/c1-13(25)24-11-16-10-23(20(26)15-7-17(21)9-22-8-15)12-18(16)19(24)14-5-3-2-4-6-14/h2-9,16,18-19H,10-12H2,1H3/t16-,18-,19+/m1/s1. The summed E-state index contributed by atoms with van der Waals surface area (Å²) in [6.45, 7) is 3.61. The summed E-state index contributed by atoms with van der Waals surface area (Å²) in [6, 6.07) is 11.8. The van der Waals surface area contributed by atoms with Gasteiger partial charge in [-0.15, -0.1) is 0 Å². The van der Waals surface area contributed by atoms with Gasteiger partial charge in [0, 0.05) is 50.8 Å². The highest BCUT2D eigenvalue weighted by atomic mass is 35.5. The van der Waals surface area contributed by atoms with Crippen LogP contribution in [0.4, 0.5) is 0 Å². The van der Waals surface area contributed by atoms with Crippen LogP contribution in [0.25, 0.3) is 0 Å². The van der Waals surface area contributed by atoms with Crippen molar-refractivity contribution in [1.29, 1.82) is 0 Å². The molecule has 2 fully saturated rings. The molecular weight excluding hydrogens is 350 g/mol. The van der Waals surface area contributed by atoms with Crippen molar-refractivity contribution in [3.05, 3.63) is 64.9 Å². The van der Waals surface area contributed by atoms with Crippen molar-refractivity contribution in [1.82, 2.24) is 14.8 Å². The van der Waals surface area contributed by atoms with Gasteiger partial charge in [-0.2, -0.15) is 0 Å². The van der Waals surface area contributed by atoms with Crippen LogP contribution in [0, 0.1) is 11.8 Å². The Bertz CT molecular complexity index is 842. The molecule has 1 aromatic heterocycles. The molecule has 3 heterocycles. The summed E-state index contributed by atoms with van der Waals surface area (Å²) in [5, 5.41) is 0.458. The average Bonchev–Trinajstić information content (AvgIpc) is 3.19. The number of carbonyl (C=O) groups is 2. The van der Waals surface area contributed by atoms with Gasteiger partial charge < -0.3 is 9.80 Å². The number of aromatic nitrogens is 1. The molecule has 0 aliphatic carbocycles. The predicted octanol–water partition coefficient (Wildman–Crippen LogP) is 3.03. The molecule has 4 rings (SSSR count). The lowest BCUT2D eigenvalue weighted by Crippen LogP contribution is -2.36. The largest absolute Gasteiger partial charge is 0.338 e. The minimum absolute atomic E-state index is 0.0222. The fourth-order valence-electron chi connectivity index (χ4n) is 4.32. The first-order valence-corrected chi connectivity index (χ1v) is 9.14. The molecule has 3 atom stereocenters. The Morgan fingerprint density at radius 1 is 1.12 bits per heavy atom. The third kappa shape index (κ3) is 2.97. The first-order chi connectivity index (χ1) is 12.5. The predicted molar refractivity (Wildman–Crippen MR) is 98.7 cm³/mol. The van der Waals surface area contributed by atoms with Gasteiger partial charge in [-0.3, -0.25) is 14.6 Å². The number of pyridine rings is 1. The second-order valence-electron chi connectivity index (χ2n) is 7.05. The topological polar surface area (TPSA) is 53.5 Å². The Balaban J connectivity index is 1.59. The van der Waals surface area contributed by atoms with Crippen molar-refractivity contribution in [2.45, 2.75) is 13.0 Å². The van der Waals surface area contributed by atoms with E-state index in [-0.39, 0.29) is 23.8 Å². The van der Waals surface area contributed by atoms with Gasteiger partial charge in [0.2, 0.25) is 5.91 Å². The number of carbonyl (C=O) groups excluding carboxylic acids is 2. The molecule has 2 amide bonds. The highest BCUT2D eigenvalue weighted by molar-refractivity contribution is 6.30. The van der Waals surface area contributed by atoms with Crippen LogP contribution >= 0.6 is 11.6 Å². The number of nitrogens with zero attached hydrogens (tertiary/aromatic N) is 3. The van der Waals surface area contributed by atoms with E-state index >= 15 is 0 Å². The molecule has 0 N–H and O–H groups in total. The monoisotopic (exact) mass is 369 g/mol. The minimum Gasteiger partial charge on any atom is -0.338 e. The second kappa shape index (κ2) is 6.72. The molecule has 2 aliphatic heterocycles. The number of fused-ring (bicyclic) bond motifs is 1. The fourth-order valence-corrected chi connectivity index (χ4v) is 4.50. The van der Waals surface area contributed by atoms with E-state index in [0.29, 0.717) is 36.1 Å². The smallest absolute Gasteiger partial charge is 0.255 e.